The summed E-state index contributed by atoms with van der Waals surface area (Å²) in [6.07, 6.45) is 1.04. The van der Waals surface area contributed by atoms with Crippen LogP contribution in [0.15, 0.2) is 53.5 Å². The normalized spacial score (nSPS) is 11.0. The summed E-state index contributed by atoms with van der Waals surface area (Å²) < 4.78 is 22.0. The highest BCUT2D eigenvalue weighted by molar-refractivity contribution is 5.93. The number of ether oxygens (including phenoxy) is 1. The van der Waals surface area contributed by atoms with Gasteiger partial charge in [0.05, 0.1) is 11.3 Å². The maximum atomic E-state index is 14.8. The van der Waals surface area contributed by atoms with Gasteiger partial charge < -0.3 is 10.5 Å². The van der Waals surface area contributed by atoms with Crippen LogP contribution in [0.25, 0.3) is 16.8 Å². The average molecular weight is 477 g/mol. The minimum atomic E-state index is -1.03. The zero-order valence-electron chi connectivity index (χ0n) is 19.0. The Morgan fingerprint density at radius 3 is 2.54 bits per heavy atom. The fourth-order valence-electron chi connectivity index (χ4n) is 3.36. The summed E-state index contributed by atoms with van der Waals surface area (Å²) in [4.78, 5) is 39.6. The maximum Gasteiger partial charge on any atom is 0.359 e. The number of halogens is 1. The Kier molecular flexibility index (Phi) is 6.19. The highest BCUT2D eigenvalue weighted by Gasteiger charge is 2.19. The lowest BCUT2D eigenvalue weighted by Gasteiger charge is -2.13. The van der Waals surface area contributed by atoms with Crippen molar-refractivity contribution in [1.29, 1.82) is 0 Å². The van der Waals surface area contributed by atoms with E-state index in [2.05, 4.69) is 20.5 Å². The van der Waals surface area contributed by atoms with Crippen LogP contribution < -0.4 is 16.2 Å². The molecule has 0 bridgehead atoms. The van der Waals surface area contributed by atoms with Gasteiger partial charge in [-0.05, 0) is 52.7 Å². The molecule has 35 heavy (non-hydrogen) atoms. The molecule has 0 atom stereocenters. The number of hydrogen-bond acceptors (Lipinski definition) is 8. The molecule has 12 heteroatoms. The summed E-state index contributed by atoms with van der Waals surface area (Å²) in [5, 5.41) is 11.7. The molecule has 178 valence electrons. The molecule has 2 aromatic carbocycles. The van der Waals surface area contributed by atoms with E-state index in [-0.39, 0.29) is 22.9 Å². The van der Waals surface area contributed by atoms with Crippen LogP contribution >= 0.6 is 0 Å². The van der Waals surface area contributed by atoms with E-state index in [1.807, 2.05) is 13.8 Å². The molecular weight excluding hydrogens is 457 g/mol. The Morgan fingerprint density at radius 2 is 1.89 bits per heavy atom. The molecule has 0 saturated carbocycles. The van der Waals surface area contributed by atoms with E-state index in [1.54, 1.807) is 25.1 Å². The lowest BCUT2D eigenvalue weighted by atomic mass is 10.00. The van der Waals surface area contributed by atoms with Crippen molar-refractivity contribution >= 4 is 12.0 Å². The monoisotopic (exact) mass is 477 g/mol. The molecule has 0 fully saturated rings. The Bertz CT molecular complexity index is 1510. The minimum Gasteiger partial charge on any atom is -0.404 e. The van der Waals surface area contributed by atoms with Crippen molar-refractivity contribution in [3.05, 3.63) is 81.9 Å². The molecule has 2 heterocycles. The number of tetrazole rings is 1. The number of amides is 1. The molecule has 4 rings (SSSR count). The van der Waals surface area contributed by atoms with Crippen LogP contribution in [0.5, 0.6) is 5.88 Å². The second-order valence-corrected chi connectivity index (χ2v) is 8.00. The third-order valence-electron chi connectivity index (χ3n) is 5.06. The topological polar surface area (TPSA) is 148 Å². The third-order valence-corrected chi connectivity index (χ3v) is 5.06. The van der Waals surface area contributed by atoms with Gasteiger partial charge in [-0.25, -0.2) is 23.3 Å². The Labute approximate surface area is 198 Å². The van der Waals surface area contributed by atoms with Crippen molar-refractivity contribution in [1.82, 2.24) is 29.8 Å². The zero-order valence-corrected chi connectivity index (χ0v) is 19.0. The van der Waals surface area contributed by atoms with Gasteiger partial charge in [-0.3, -0.25) is 0 Å². The molecule has 1 amide bonds. The molecule has 11 nitrogen and oxygen atoms in total. The van der Waals surface area contributed by atoms with Gasteiger partial charge in [0.15, 0.2) is 5.82 Å². The van der Waals surface area contributed by atoms with Crippen LogP contribution in [0.2, 0.25) is 0 Å². The molecule has 2 N–H and O–H groups in total. The summed E-state index contributed by atoms with van der Waals surface area (Å²) >= 11 is 0. The zero-order chi connectivity index (χ0) is 25.3. The lowest BCUT2D eigenvalue weighted by Crippen LogP contribution is -2.33. The molecule has 4 aromatic rings. The highest BCUT2D eigenvalue weighted by Crippen LogP contribution is 2.28. The van der Waals surface area contributed by atoms with Crippen LogP contribution in [-0.2, 0) is 0 Å². The number of nitrogens with two attached hydrogens (primary N) is 1. The van der Waals surface area contributed by atoms with Gasteiger partial charge in [0.1, 0.15) is 5.82 Å². The minimum absolute atomic E-state index is 0.0311. The summed E-state index contributed by atoms with van der Waals surface area (Å²) in [7, 11) is 0. The number of aromatic nitrogens is 6. The molecule has 2 aromatic heterocycles. The first-order chi connectivity index (χ1) is 16.6. The van der Waals surface area contributed by atoms with E-state index in [1.165, 1.54) is 22.9 Å². The molecule has 0 spiro atoms. The third kappa shape index (κ3) is 4.81. The van der Waals surface area contributed by atoms with Crippen LogP contribution in [0.4, 0.5) is 9.18 Å². The van der Waals surface area contributed by atoms with Gasteiger partial charge in [0, 0.05) is 23.7 Å². The van der Waals surface area contributed by atoms with Crippen molar-refractivity contribution in [2.75, 3.05) is 0 Å². The first-order valence-corrected chi connectivity index (χ1v) is 10.5. The second kappa shape index (κ2) is 9.25. The molecular formula is C23H20FN7O4. The Hall–Kier alpha value is -4.74. The highest BCUT2D eigenvalue weighted by atomic mass is 19.1. The number of carbonyl (C=O) groups excluding carboxylic acids is 2. The van der Waals surface area contributed by atoms with Gasteiger partial charge >= 0.3 is 17.7 Å². The standard InChI is InChI=1S/C23H20FN7O4/c1-12(2)20-27-28-29-31(20)16-10-14(17-5-4-13(3)8-18(17)24)9-15(11-16)21(32)35-19-6-7-30(22(25)33)23(34)26-19/h4-12H,1-3H3,(H2,25,33). The van der Waals surface area contributed by atoms with Crippen molar-refractivity contribution < 1.29 is 18.7 Å². The number of aryl methyl sites for hydroxylation is 1. The van der Waals surface area contributed by atoms with E-state index >= 15 is 0 Å². The Balaban J connectivity index is 1.80. The molecule has 0 saturated heterocycles. The van der Waals surface area contributed by atoms with Gasteiger partial charge in [-0.1, -0.05) is 26.0 Å². The van der Waals surface area contributed by atoms with Gasteiger partial charge in [-0.2, -0.15) is 9.67 Å². The predicted octanol–water partition coefficient (Wildman–Crippen LogP) is 2.60. The van der Waals surface area contributed by atoms with Gasteiger partial charge in [0.2, 0.25) is 5.88 Å². The predicted molar refractivity (Wildman–Crippen MR) is 122 cm³/mol. The number of esters is 1. The van der Waals surface area contributed by atoms with Crippen molar-refractivity contribution in [3.63, 3.8) is 0 Å². The van der Waals surface area contributed by atoms with E-state index in [0.717, 1.165) is 17.8 Å². The van der Waals surface area contributed by atoms with E-state index in [9.17, 15) is 18.8 Å². The SMILES string of the molecule is Cc1ccc(-c2cc(C(=O)Oc3ccn(C(N)=O)c(=O)n3)cc(-n3nnnc3C(C)C)c2)c(F)c1. The summed E-state index contributed by atoms with van der Waals surface area (Å²) in [6, 6.07) is 9.43. The van der Waals surface area contributed by atoms with E-state index in [0.29, 0.717) is 21.6 Å². The first kappa shape index (κ1) is 23.4. The van der Waals surface area contributed by atoms with Crippen molar-refractivity contribution in [2.24, 2.45) is 5.73 Å². The van der Waals surface area contributed by atoms with E-state index in [4.69, 9.17) is 10.5 Å². The number of carbonyl (C=O) groups is 2. The summed E-state index contributed by atoms with van der Waals surface area (Å²) in [6.45, 7) is 5.57. The fourth-order valence-corrected chi connectivity index (χ4v) is 3.36. The number of rotatable bonds is 5. The van der Waals surface area contributed by atoms with Crippen LogP contribution in [0.3, 0.4) is 0 Å². The first-order valence-electron chi connectivity index (χ1n) is 10.5. The number of primary amides is 1. The summed E-state index contributed by atoms with van der Waals surface area (Å²) in [5.41, 5.74) is 5.88. The molecule has 0 aliphatic rings. The average Bonchev–Trinajstić information content (AvgIpc) is 3.29. The fraction of sp³-hybridized carbons (Fsp3) is 0.174. The van der Waals surface area contributed by atoms with Crippen molar-refractivity contribution in [2.45, 2.75) is 26.7 Å². The second-order valence-electron chi connectivity index (χ2n) is 8.00. The van der Waals surface area contributed by atoms with Gasteiger partial charge in [0.25, 0.3) is 0 Å². The van der Waals surface area contributed by atoms with Crippen molar-refractivity contribution in [3.8, 4) is 22.7 Å². The van der Waals surface area contributed by atoms with Gasteiger partial charge in [-0.15, -0.1) is 5.10 Å². The maximum absolute atomic E-state index is 14.8. The molecule has 0 aliphatic carbocycles. The Morgan fingerprint density at radius 1 is 1.11 bits per heavy atom. The van der Waals surface area contributed by atoms with Crippen LogP contribution in [-0.4, -0.2) is 41.8 Å². The van der Waals surface area contributed by atoms with E-state index < -0.39 is 23.5 Å². The van der Waals surface area contributed by atoms with Crippen LogP contribution in [0, 0.1) is 12.7 Å². The number of nitrogens with zero attached hydrogens (tertiary/aromatic N) is 6. The molecule has 0 aliphatic heterocycles. The largest absolute Gasteiger partial charge is 0.404 e. The number of benzene rings is 2. The smallest absolute Gasteiger partial charge is 0.359 e. The molecule has 0 radical (unpaired) electrons. The quantitative estimate of drug-likeness (QED) is 0.431. The van der Waals surface area contributed by atoms with Crippen LogP contribution in [0.1, 0.15) is 41.5 Å². The number of hydrogen-bond donors (Lipinski definition) is 1. The molecule has 0 unspecified atom stereocenters. The summed E-state index contributed by atoms with van der Waals surface area (Å²) in [5.74, 6) is -1.19. The lowest BCUT2D eigenvalue weighted by molar-refractivity contribution is 0.0726.